The van der Waals surface area contributed by atoms with Crippen molar-refractivity contribution in [2.24, 2.45) is 0 Å². The van der Waals surface area contributed by atoms with Gasteiger partial charge in [-0.2, -0.15) is 0 Å². The minimum absolute atomic E-state index is 0.103. The molecular formula is C20H22N4O2. The molecule has 4 rings (SSSR count). The van der Waals surface area contributed by atoms with Gasteiger partial charge in [0, 0.05) is 30.6 Å². The highest BCUT2D eigenvalue weighted by Crippen LogP contribution is 2.41. The van der Waals surface area contributed by atoms with E-state index >= 15 is 0 Å². The van der Waals surface area contributed by atoms with Crippen LogP contribution < -0.4 is 5.32 Å². The molecule has 1 saturated carbocycles. The molecule has 3 aromatic heterocycles. The number of carbonyl (C=O) groups is 1. The fourth-order valence-corrected chi connectivity index (χ4v) is 3.12. The van der Waals surface area contributed by atoms with Gasteiger partial charge in [-0.05, 0) is 42.9 Å². The Labute approximate surface area is 152 Å². The SMILES string of the molecule is CC(C)c1noc2nc(C3CC3)cc(C(=O)NCCc3cccnc3)c12. The average Bonchev–Trinajstić information content (AvgIpc) is 3.40. The summed E-state index contributed by atoms with van der Waals surface area (Å²) in [5.74, 6) is 0.494. The van der Waals surface area contributed by atoms with Gasteiger partial charge in [0.05, 0.1) is 16.6 Å². The highest BCUT2D eigenvalue weighted by Gasteiger charge is 2.29. The van der Waals surface area contributed by atoms with Gasteiger partial charge in [-0.1, -0.05) is 25.1 Å². The number of carbonyl (C=O) groups excluding carboxylic acids is 1. The van der Waals surface area contributed by atoms with E-state index < -0.39 is 0 Å². The Kier molecular flexibility index (Phi) is 4.41. The van der Waals surface area contributed by atoms with Crippen LogP contribution in [0.4, 0.5) is 0 Å². The predicted octanol–water partition coefficient (Wildman–Crippen LogP) is 3.59. The molecule has 0 saturated heterocycles. The van der Waals surface area contributed by atoms with Crippen molar-refractivity contribution < 1.29 is 9.32 Å². The molecule has 0 unspecified atom stereocenters. The van der Waals surface area contributed by atoms with Crippen molar-refractivity contribution in [3.8, 4) is 0 Å². The number of nitrogens with zero attached hydrogens (tertiary/aromatic N) is 3. The third-order valence-electron chi connectivity index (χ3n) is 4.70. The Bertz CT molecular complexity index is 930. The summed E-state index contributed by atoms with van der Waals surface area (Å²) in [6, 6.07) is 5.83. The van der Waals surface area contributed by atoms with Crippen LogP contribution >= 0.6 is 0 Å². The first-order valence-electron chi connectivity index (χ1n) is 9.11. The highest BCUT2D eigenvalue weighted by atomic mass is 16.5. The molecule has 0 bridgehead atoms. The van der Waals surface area contributed by atoms with E-state index in [9.17, 15) is 4.79 Å². The first-order valence-corrected chi connectivity index (χ1v) is 9.11. The second-order valence-corrected chi connectivity index (χ2v) is 7.14. The van der Waals surface area contributed by atoms with Gasteiger partial charge >= 0.3 is 0 Å². The molecule has 1 aliphatic carbocycles. The molecule has 1 N–H and O–H groups in total. The lowest BCUT2D eigenvalue weighted by atomic mass is 10.0. The lowest BCUT2D eigenvalue weighted by molar-refractivity contribution is 0.0955. The lowest BCUT2D eigenvalue weighted by Crippen LogP contribution is -2.26. The Balaban J connectivity index is 1.60. The maximum absolute atomic E-state index is 12.9. The molecular weight excluding hydrogens is 328 g/mol. The van der Waals surface area contributed by atoms with Gasteiger partial charge in [0.25, 0.3) is 11.6 Å². The van der Waals surface area contributed by atoms with E-state index in [1.807, 2.05) is 38.2 Å². The fraction of sp³-hybridized carbons (Fsp3) is 0.400. The summed E-state index contributed by atoms with van der Waals surface area (Å²) in [4.78, 5) is 21.6. The minimum atomic E-state index is -0.103. The number of hydrogen-bond acceptors (Lipinski definition) is 5. The summed E-state index contributed by atoms with van der Waals surface area (Å²) in [7, 11) is 0. The van der Waals surface area contributed by atoms with Crippen molar-refractivity contribution >= 4 is 17.0 Å². The van der Waals surface area contributed by atoms with Gasteiger partial charge in [0.2, 0.25) is 0 Å². The quantitative estimate of drug-likeness (QED) is 0.735. The zero-order valence-corrected chi connectivity index (χ0v) is 15.0. The van der Waals surface area contributed by atoms with Crippen molar-refractivity contribution in [1.29, 1.82) is 0 Å². The van der Waals surface area contributed by atoms with Crippen LogP contribution in [0.25, 0.3) is 11.1 Å². The summed E-state index contributed by atoms with van der Waals surface area (Å²) in [5, 5.41) is 7.92. The molecule has 1 fully saturated rings. The van der Waals surface area contributed by atoms with Crippen molar-refractivity contribution in [1.82, 2.24) is 20.4 Å². The zero-order chi connectivity index (χ0) is 18.1. The van der Waals surface area contributed by atoms with E-state index in [1.54, 1.807) is 6.20 Å². The normalized spacial score (nSPS) is 14.1. The molecule has 26 heavy (non-hydrogen) atoms. The van der Waals surface area contributed by atoms with E-state index in [4.69, 9.17) is 4.52 Å². The minimum Gasteiger partial charge on any atom is -0.352 e. The molecule has 134 valence electrons. The van der Waals surface area contributed by atoms with Crippen LogP contribution in [-0.4, -0.2) is 27.6 Å². The molecule has 6 heteroatoms. The van der Waals surface area contributed by atoms with E-state index in [0.29, 0.717) is 23.7 Å². The fourth-order valence-electron chi connectivity index (χ4n) is 3.12. The number of amides is 1. The molecule has 6 nitrogen and oxygen atoms in total. The number of pyridine rings is 2. The predicted molar refractivity (Wildman–Crippen MR) is 98.1 cm³/mol. The van der Waals surface area contributed by atoms with Crippen molar-refractivity contribution in [2.45, 2.75) is 44.9 Å². The summed E-state index contributed by atoms with van der Waals surface area (Å²) in [6.45, 7) is 4.63. The molecule has 3 heterocycles. The molecule has 1 aliphatic rings. The molecule has 0 atom stereocenters. The van der Waals surface area contributed by atoms with Gasteiger partial charge < -0.3 is 9.84 Å². The summed E-state index contributed by atoms with van der Waals surface area (Å²) in [6.07, 6.45) is 6.54. The first kappa shape index (κ1) is 16.7. The molecule has 0 spiro atoms. The van der Waals surface area contributed by atoms with Crippen LogP contribution in [0, 0.1) is 0 Å². The largest absolute Gasteiger partial charge is 0.352 e. The van der Waals surface area contributed by atoms with Crippen LogP contribution in [0.5, 0.6) is 0 Å². The summed E-state index contributed by atoms with van der Waals surface area (Å²) < 4.78 is 5.44. The molecule has 3 aromatic rings. The maximum Gasteiger partial charge on any atom is 0.259 e. The van der Waals surface area contributed by atoms with Crippen LogP contribution in [0.15, 0.2) is 35.1 Å². The Morgan fingerprint density at radius 1 is 1.38 bits per heavy atom. The Morgan fingerprint density at radius 2 is 2.23 bits per heavy atom. The topological polar surface area (TPSA) is 80.9 Å². The van der Waals surface area contributed by atoms with Gasteiger partial charge in [-0.15, -0.1) is 0 Å². The number of aromatic nitrogens is 3. The average molecular weight is 350 g/mol. The van der Waals surface area contributed by atoms with Gasteiger partial charge in [-0.25, -0.2) is 4.98 Å². The smallest absolute Gasteiger partial charge is 0.259 e. The van der Waals surface area contributed by atoms with Crippen molar-refractivity contribution in [3.05, 3.63) is 53.1 Å². The zero-order valence-electron chi connectivity index (χ0n) is 15.0. The van der Waals surface area contributed by atoms with Crippen molar-refractivity contribution in [2.75, 3.05) is 6.54 Å². The molecule has 0 aliphatic heterocycles. The number of fused-ring (bicyclic) bond motifs is 1. The number of rotatable bonds is 6. The van der Waals surface area contributed by atoms with Gasteiger partial charge in [0.1, 0.15) is 0 Å². The standard InChI is InChI=1S/C20H22N4O2/c1-12(2)18-17-15(10-16(14-5-6-14)23-20(17)26-24-18)19(25)22-9-7-13-4-3-8-21-11-13/h3-4,8,10-12,14H,5-7,9H2,1-2H3,(H,22,25). The highest BCUT2D eigenvalue weighted by molar-refractivity contribution is 6.06. The Hall–Kier alpha value is -2.76. The van der Waals surface area contributed by atoms with Crippen LogP contribution in [0.3, 0.4) is 0 Å². The van der Waals surface area contributed by atoms with Crippen LogP contribution in [-0.2, 0) is 6.42 Å². The molecule has 0 radical (unpaired) electrons. The number of hydrogen-bond donors (Lipinski definition) is 1. The van der Waals surface area contributed by atoms with E-state index in [0.717, 1.165) is 41.6 Å². The van der Waals surface area contributed by atoms with Crippen LogP contribution in [0.2, 0.25) is 0 Å². The molecule has 1 amide bonds. The monoisotopic (exact) mass is 350 g/mol. The number of nitrogens with one attached hydrogen (secondary N) is 1. The van der Waals surface area contributed by atoms with Crippen LogP contribution in [0.1, 0.15) is 65.8 Å². The van der Waals surface area contributed by atoms with E-state index in [1.165, 1.54) is 0 Å². The first-order chi connectivity index (χ1) is 12.6. The second-order valence-electron chi connectivity index (χ2n) is 7.14. The van der Waals surface area contributed by atoms with Gasteiger partial charge in [-0.3, -0.25) is 9.78 Å². The van der Waals surface area contributed by atoms with E-state index in [-0.39, 0.29) is 11.8 Å². The lowest BCUT2D eigenvalue weighted by Gasteiger charge is -2.09. The summed E-state index contributed by atoms with van der Waals surface area (Å²) in [5.41, 5.74) is 3.90. The third kappa shape index (κ3) is 3.31. The third-order valence-corrected chi connectivity index (χ3v) is 4.70. The van der Waals surface area contributed by atoms with E-state index in [2.05, 4.69) is 20.4 Å². The molecule has 0 aromatic carbocycles. The maximum atomic E-state index is 12.9. The second kappa shape index (κ2) is 6.86. The van der Waals surface area contributed by atoms with Crippen molar-refractivity contribution in [3.63, 3.8) is 0 Å². The van der Waals surface area contributed by atoms with Gasteiger partial charge in [0.15, 0.2) is 0 Å². The Morgan fingerprint density at radius 3 is 2.92 bits per heavy atom. The summed E-state index contributed by atoms with van der Waals surface area (Å²) >= 11 is 0.